The van der Waals surface area contributed by atoms with Crippen molar-refractivity contribution >= 4 is 15.7 Å². The summed E-state index contributed by atoms with van der Waals surface area (Å²) in [7, 11) is -3.08. The van der Waals surface area contributed by atoms with E-state index in [2.05, 4.69) is 19.9 Å². The van der Waals surface area contributed by atoms with Crippen LogP contribution < -0.4 is 14.9 Å². The molecule has 0 unspecified atom stereocenters. The molecule has 0 radical (unpaired) electrons. The van der Waals surface area contributed by atoms with Gasteiger partial charge in [-0.2, -0.15) is 0 Å². The second-order valence-corrected chi connectivity index (χ2v) is 6.92. The maximum absolute atomic E-state index is 10.9. The van der Waals surface area contributed by atoms with Crippen molar-refractivity contribution in [3.8, 4) is 0 Å². The lowest BCUT2D eigenvalue weighted by atomic mass is 10.0. The molecule has 1 aliphatic heterocycles. The number of rotatable bonds is 6. The quantitative estimate of drug-likeness (QED) is 0.733. The number of hydrogen-bond acceptors (Lipinski definition) is 5. The van der Waals surface area contributed by atoms with Gasteiger partial charge in [-0.15, -0.1) is 0 Å². The van der Waals surface area contributed by atoms with Gasteiger partial charge in [0.25, 0.3) is 0 Å². The lowest BCUT2D eigenvalue weighted by Crippen LogP contribution is -2.44. The minimum absolute atomic E-state index is 0.448. The molecule has 112 valence electrons. The number of sulfonamides is 1. The molecule has 1 aromatic heterocycles. The number of aromatic nitrogens is 1. The van der Waals surface area contributed by atoms with Crippen LogP contribution in [0.3, 0.4) is 0 Å². The van der Waals surface area contributed by atoms with E-state index in [0.29, 0.717) is 19.1 Å². The molecule has 0 spiro atoms. The molecule has 0 amide bonds. The molecule has 2 N–H and O–H groups in total. The minimum atomic E-state index is -3.08. The minimum Gasteiger partial charge on any atom is -0.371 e. The summed E-state index contributed by atoms with van der Waals surface area (Å²) in [4.78, 5) is 6.39. The van der Waals surface area contributed by atoms with Gasteiger partial charge in [-0.25, -0.2) is 13.1 Å². The van der Waals surface area contributed by atoms with Crippen LogP contribution in [0.4, 0.5) is 5.69 Å². The third-order valence-corrected chi connectivity index (χ3v) is 4.17. The van der Waals surface area contributed by atoms with Gasteiger partial charge in [0, 0.05) is 50.3 Å². The van der Waals surface area contributed by atoms with Crippen molar-refractivity contribution in [2.45, 2.75) is 18.9 Å². The van der Waals surface area contributed by atoms with Gasteiger partial charge in [-0.1, -0.05) is 0 Å². The molecular formula is C13H22N4O2S. The smallest absolute Gasteiger partial charge is 0.208 e. The van der Waals surface area contributed by atoms with Crippen LogP contribution in [-0.2, 0) is 10.0 Å². The summed E-state index contributed by atoms with van der Waals surface area (Å²) in [5.41, 5.74) is 1.22. The first-order chi connectivity index (χ1) is 9.54. The normalized spacial score (nSPS) is 17.4. The van der Waals surface area contributed by atoms with Crippen LogP contribution in [0.25, 0.3) is 0 Å². The average molecular weight is 298 g/mol. The molecule has 1 fully saturated rings. The summed E-state index contributed by atoms with van der Waals surface area (Å²) >= 11 is 0. The molecule has 1 saturated heterocycles. The lowest BCUT2D eigenvalue weighted by molar-refractivity contribution is 0.417. The zero-order valence-electron chi connectivity index (χ0n) is 11.7. The molecule has 6 nitrogen and oxygen atoms in total. The summed E-state index contributed by atoms with van der Waals surface area (Å²) in [6.45, 7) is 3.15. The fraction of sp³-hybridized carbons (Fsp3) is 0.615. The molecule has 20 heavy (non-hydrogen) atoms. The molecule has 0 atom stereocenters. The first kappa shape index (κ1) is 15.2. The van der Waals surface area contributed by atoms with Crippen molar-refractivity contribution in [3.05, 3.63) is 24.5 Å². The van der Waals surface area contributed by atoms with Crippen molar-refractivity contribution in [1.82, 2.24) is 15.0 Å². The molecule has 0 aromatic carbocycles. The molecule has 0 aliphatic carbocycles. The van der Waals surface area contributed by atoms with Gasteiger partial charge < -0.3 is 10.2 Å². The Morgan fingerprint density at radius 2 is 1.90 bits per heavy atom. The molecule has 7 heteroatoms. The monoisotopic (exact) mass is 298 g/mol. The van der Waals surface area contributed by atoms with Crippen molar-refractivity contribution in [2.24, 2.45) is 0 Å². The van der Waals surface area contributed by atoms with E-state index in [1.165, 1.54) is 11.9 Å². The zero-order chi connectivity index (χ0) is 14.4. The molecule has 2 rings (SSSR count). The van der Waals surface area contributed by atoms with Crippen LogP contribution in [-0.4, -0.2) is 51.9 Å². The SMILES string of the molecule is CS(=O)(=O)NCCNC1CCN(c2ccncc2)CC1. The topological polar surface area (TPSA) is 74.3 Å². The Hall–Kier alpha value is -1.18. The Kier molecular flexibility index (Phi) is 5.33. The maximum Gasteiger partial charge on any atom is 0.208 e. The molecule has 2 heterocycles. The van der Waals surface area contributed by atoms with E-state index in [9.17, 15) is 8.42 Å². The summed E-state index contributed by atoms with van der Waals surface area (Å²) in [5, 5.41) is 3.40. The van der Waals surface area contributed by atoms with Crippen LogP contribution in [0.1, 0.15) is 12.8 Å². The van der Waals surface area contributed by atoms with Crippen molar-refractivity contribution in [3.63, 3.8) is 0 Å². The maximum atomic E-state index is 10.9. The Morgan fingerprint density at radius 1 is 1.25 bits per heavy atom. The van der Waals surface area contributed by atoms with E-state index >= 15 is 0 Å². The number of nitrogens with one attached hydrogen (secondary N) is 2. The summed E-state index contributed by atoms with van der Waals surface area (Å²) in [6.07, 6.45) is 6.95. The Morgan fingerprint density at radius 3 is 2.50 bits per heavy atom. The lowest BCUT2D eigenvalue weighted by Gasteiger charge is -2.34. The number of hydrogen-bond donors (Lipinski definition) is 2. The standard InChI is InChI=1S/C13H22N4O2S/c1-20(18,19)16-9-8-15-12-4-10-17(11-5-12)13-2-6-14-7-3-13/h2-3,6-7,12,15-16H,4-5,8-11H2,1H3. The second kappa shape index (κ2) is 7.01. The van der Waals surface area contributed by atoms with Crippen LogP contribution in [0, 0.1) is 0 Å². The second-order valence-electron chi connectivity index (χ2n) is 5.09. The number of anilines is 1. The first-order valence-corrected chi connectivity index (χ1v) is 8.77. The molecule has 1 aromatic rings. The van der Waals surface area contributed by atoms with Gasteiger partial charge in [0.1, 0.15) is 0 Å². The van der Waals surface area contributed by atoms with Gasteiger partial charge >= 0.3 is 0 Å². The number of piperidine rings is 1. The Balaban J connectivity index is 1.67. The fourth-order valence-electron chi connectivity index (χ4n) is 2.41. The Labute approximate surface area is 120 Å². The van der Waals surface area contributed by atoms with E-state index in [-0.39, 0.29) is 0 Å². The third kappa shape index (κ3) is 5.07. The summed E-state index contributed by atoms with van der Waals surface area (Å²) < 4.78 is 24.4. The fourth-order valence-corrected chi connectivity index (χ4v) is 2.88. The van der Waals surface area contributed by atoms with E-state index in [4.69, 9.17) is 0 Å². The number of nitrogens with zero attached hydrogens (tertiary/aromatic N) is 2. The number of pyridine rings is 1. The van der Waals surface area contributed by atoms with Crippen molar-refractivity contribution in [1.29, 1.82) is 0 Å². The van der Waals surface area contributed by atoms with E-state index in [0.717, 1.165) is 25.9 Å². The van der Waals surface area contributed by atoms with Crippen LogP contribution in [0.2, 0.25) is 0 Å². The Bertz CT molecular complexity index is 498. The first-order valence-electron chi connectivity index (χ1n) is 6.87. The van der Waals surface area contributed by atoms with E-state index in [1.807, 2.05) is 24.5 Å². The highest BCUT2D eigenvalue weighted by Crippen LogP contribution is 2.18. The summed E-state index contributed by atoms with van der Waals surface area (Å²) in [5.74, 6) is 0. The molecule has 0 saturated carbocycles. The predicted octanol–water partition coefficient (Wildman–Crippen LogP) is 0.189. The third-order valence-electron chi connectivity index (χ3n) is 3.45. The largest absolute Gasteiger partial charge is 0.371 e. The van der Waals surface area contributed by atoms with Gasteiger partial charge in [0.2, 0.25) is 10.0 Å². The zero-order valence-corrected chi connectivity index (χ0v) is 12.6. The average Bonchev–Trinajstić information content (AvgIpc) is 2.44. The van der Waals surface area contributed by atoms with Crippen LogP contribution >= 0.6 is 0 Å². The van der Waals surface area contributed by atoms with E-state index in [1.54, 1.807) is 0 Å². The van der Waals surface area contributed by atoms with Crippen molar-refractivity contribution in [2.75, 3.05) is 37.3 Å². The van der Waals surface area contributed by atoms with Gasteiger partial charge in [-0.05, 0) is 25.0 Å². The van der Waals surface area contributed by atoms with Crippen LogP contribution in [0.15, 0.2) is 24.5 Å². The molecular weight excluding hydrogens is 276 g/mol. The molecule has 0 bridgehead atoms. The predicted molar refractivity (Wildman–Crippen MR) is 80.3 cm³/mol. The highest BCUT2D eigenvalue weighted by atomic mass is 32.2. The van der Waals surface area contributed by atoms with E-state index < -0.39 is 10.0 Å². The van der Waals surface area contributed by atoms with Gasteiger partial charge in [-0.3, -0.25) is 4.98 Å². The van der Waals surface area contributed by atoms with Gasteiger partial charge in [0.05, 0.1) is 6.26 Å². The van der Waals surface area contributed by atoms with Gasteiger partial charge in [0.15, 0.2) is 0 Å². The van der Waals surface area contributed by atoms with Crippen molar-refractivity contribution < 1.29 is 8.42 Å². The summed E-state index contributed by atoms with van der Waals surface area (Å²) in [6, 6.07) is 4.53. The molecule has 1 aliphatic rings. The van der Waals surface area contributed by atoms with Crippen LogP contribution in [0.5, 0.6) is 0 Å². The highest BCUT2D eigenvalue weighted by Gasteiger charge is 2.18. The highest BCUT2D eigenvalue weighted by molar-refractivity contribution is 7.88.